The van der Waals surface area contributed by atoms with Crippen molar-refractivity contribution in [1.82, 2.24) is 19.9 Å². The molecule has 40 heavy (non-hydrogen) atoms. The average Bonchev–Trinajstić information content (AvgIpc) is 3.52. The van der Waals surface area contributed by atoms with Crippen molar-refractivity contribution >= 4 is 22.8 Å². The van der Waals surface area contributed by atoms with Gasteiger partial charge >= 0.3 is 0 Å². The standard InChI is InChI=1S/C32H37FN6O/c1-4-5-17-35-22(3)36-18-16-27(34)32-31(23-10-12-24(33)13-11-23)38-29-15-14-25(39(29)32)20-40-30-19-21(2)26-8-6-7-9-28(26)37-30/h6-13,16,18-19,22,25,35H,4-5,14-15,17,20,34H2,1-3H3/b27-16-,36-18?. The van der Waals surface area contributed by atoms with Crippen LogP contribution in [0.1, 0.15) is 56.2 Å². The molecule has 3 heterocycles. The lowest BCUT2D eigenvalue weighted by molar-refractivity contribution is 0.246. The van der Waals surface area contributed by atoms with Gasteiger partial charge in [-0.2, -0.15) is 0 Å². The SMILES string of the molecule is CCCCNC(C)N=C/C=C(\N)c1c(-c2ccc(F)cc2)nc2n1C(COc1cc(C)c3ccccc3n1)CC2. The number of hydrogen-bond acceptors (Lipinski definition) is 6. The van der Waals surface area contributed by atoms with E-state index in [1.54, 1.807) is 18.3 Å². The van der Waals surface area contributed by atoms with Crippen molar-refractivity contribution in [2.24, 2.45) is 10.7 Å². The van der Waals surface area contributed by atoms with Crippen LogP contribution in [0.3, 0.4) is 0 Å². The molecule has 1 aliphatic rings. The Kier molecular flexibility index (Phi) is 8.55. The molecule has 5 rings (SSSR count). The number of fused-ring (bicyclic) bond motifs is 2. The third kappa shape index (κ3) is 6.07. The number of pyridine rings is 1. The van der Waals surface area contributed by atoms with E-state index >= 15 is 0 Å². The Hall–Kier alpha value is -4.04. The number of hydrogen-bond donors (Lipinski definition) is 2. The van der Waals surface area contributed by atoms with Crippen LogP contribution in [0.4, 0.5) is 4.39 Å². The molecule has 4 aromatic rings. The van der Waals surface area contributed by atoms with Crippen LogP contribution in [-0.4, -0.2) is 40.1 Å². The molecule has 0 saturated heterocycles. The second-order valence-corrected chi connectivity index (χ2v) is 10.3. The van der Waals surface area contributed by atoms with Gasteiger partial charge < -0.3 is 15.0 Å². The first-order chi connectivity index (χ1) is 19.4. The fourth-order valence-corrected chi connectivity index (χ4v) is 5.16. The summed E-state index contributed by atoms with van der Waals surface area (Å²) >= 11 is 0. The van der Waals surface area contributed by atoms with Crippen LogP contribution in [0.15, 0.2) is 65.7 Å². The molecule has 2 unspecified atom stereocenters. The minimum Gasteiger partial charge on any atom is -0.475 e. The molecule has 2 aromatic heterocycles. The van der Waals surface area contributed by atoms with E-state index in [4.69, 9.17) is 20.4 Å². The molecule has 2 aromatic carbocycles. The number of ether oxygens (including phenoxy) is 1. The molecule has 0 aliphatic carbocycles. The van der Waals surface area contributed by atoms with Crippen LogP contribution in [0.25, 0.3) is 27.9 Å². The number of nitrogens with zero attached hydrogens (tertiary/aromatic N) is 4. The first-order valence-electron chi connectivity index (χ1n) is 14.0. The molecule has 7 nitrogen and oxygen atoms in total. The lowest BCUT2D eigenvalue weighted by atomic mass is 10.1. The number of benzene rings is 2. The average molecular weight is 541 g/mol. The Bertz CT molecular complexity index is 1520. The number of aromatic nitrogens is 3. The van der Waals surface area contributed by atoms with Gasteiger partial charge in [0.2, 0.25) is 5.88 Å². The van der Waals surface area contributed by atoms with Gasteiger partial charge in [-0.25, -0.2) is 14.4 Å². The predicted octanol–water partition coefficient (Wildman–Crippen LogP) is 6.22. The van der Waals surface area contributed by atoms with Gasteiger partial charge in [-0.05, 0) is 75.2 Å². The van der Waals surface area contributed by atoms with Crippen molar-refractivity contribution in [3.05, 3.63) is 83.6 Å². The third-order valence-electron chi connectivity index (χ3n) is 7.30. The molecule has 0 fully saturated rings. The van der Waals surface area contributed by atoms with Gasteiger partial charge in [0.25, 0.3) is 0 Å². The fraction of sp³-hybridized carbons (Fsp3) is 0.344. The zero-order chi connectivity index (χ0) is 28.1. The second kappa shape index (κ2) is 12.4. The number of nitrogens with two attached hydrogens (primary N) is 1. The van der Waals surface area contributed by atoms with Crippen LogP contribution >= 0.6 is 0 Å². The van der Waals surface area contributed by atoms with E-state index in [0.29, 0.717) is 18.2 Å². The third-order valence-corrected chi connectivity index (χ3v) is 7.30. The van der Waals surface area contributed by atoms with Gasteiger partial charge in [-0.1, -0.05) is 31.5 Å². The monoisotopic (exact) mass is 540 g/mol. The van der Waals surface area contributed by atoms with Gasteiger partial charge in [0.15, 0.2) is 0 Å². The summed E-state index contributed by atoms with van der Waals surface area (Å²) in [7, 11) is 0. The van der Waals surface area contributed by atoms with Crippen molar-refractivity contribution < 1.29 is 9.13 Å². The minimum atomic E-state index is -0.290. The van der Waals surface area contributed by atoms with Gasteiger partial charge in [-0.15, -0.1) is 0 Å². The number of aryl methyl sites for hydroxylation is 2. The lowest BCUT2D eigenvalue weighted by Crippen LogP contribution is -2.25. The molecule has 0 spiro atoms. The molecule has 8 heteroatoms. The quantitative estimate of drug-likeness (QED) is 0.174. The van der Waals surface area contributed by atoms with Gasteiger partial charge in [0.05, 0.1) is 34.8 Å². The summed E-state index contributed by atoms with van der Waals surface area (Å²) in [6.07, 6.45) is 7.48. The predicted molar refractivity (Wildman–Crippen MR) is 160 cm³/mol. The van der Waals surface area contributed by atoms with Crippen molar-refractivity contribution in [3.63, 3.8) is 0 Å². The molecule has 2 atom stereocenters. The first kappa shape index (κ1) is 27.5. The summed E-state index contributed by atoms with van der Waals surface area (Å²) in [6, 6.07) is 16.5. The molecule has 208 valence electrons. The van der Waals surface area contributed by atoms with Gasteiger partial charge in [-0.3, -0.25) is 10.3 Å². The van der Waals surface area contributed by atoms with Crippen LogP contribution in [0.5, 0.6) is 5.88 Å². The number of halogens is 1. The number of rotatable bonds is 11. The summed E-state index contributed by atoms with van der Waals surface area (Å²) in [4.78, 5) is 14.2. The molecule has 1 aliphatic heterocycles. The molecular weight excluding hydrogens is 503 g/mol. The number of imidazole rings is 1. The highest BCUT2D eigenvalue weighted by atomic mass is 19.1. The number of nitrogens with one attached hydrogen (secondary N) is 1. The number of aliphatic imine (C=N–C) groups is 1. The zero-order valence-electron chi connectivity index (χ0n) is 23.4. The van der Waals surface area contributed by atoms with E-state index in [-0.39, 0.29) is 18.0 Å². The van der Waals surface area contributed by atoms with E-state index in [1.807, 2.05) is 37.3 Å². The fourth-order valence-electron chi connectivity index (χ4n) is 5.16. The summed E-state index contributed by atoms with van der Waals surface area (Å²) in [5.41, 5.74) is 11.6. The van der Waals surface area contributed by atoms with Crippen LogP contribution in [-0.2, 0) is 6.42 Å². The largest absolute Gasteiger partial charge is 0.475 e. The Labute approximate surface area is 235 Å². The minimum absolute atomic E-state index is 0.0117. The molecule has 3 N–H and O–H groups in total. The van der Waals surface area contributed by atoms with E-state index in [2.05, 4.69) is 34.8 Å². The summed E-state index contributed by atoms with van der Waals surface area (Å²) in [5, 5.41) is 4.51. The molecule has 0 amide bonds. The van der Waals surface area contributed by atoms with Gasteiger partial charge in [0, 0.05) is 29.7 Å². The maximum atomic E-state index is 13.7. The lowest BCUT2D eigenvalue weighted by Gasteiger charge is -2.18. The maximum absolute atomic E-state index is 13.7. The van der Waals surface area contributed by atoms with Crippen molar-refractivity contribution in [2.45, 2.75) is 58.7 Å². The maximum Gasteiger partial charge on any atom is 0.214 e. The summed E-state index contributed by atoms with van der Waals surface area (Å²) in [6.45, 7) is 7.61. The van der Waals surface area contributed by atoms with Crippen molar-refractivity contribution in [1.29, 1.82) is 0 Å². The van der Waals surface area contributed by atoms with Crippen LogP contribution in [0.2, 0.25) is 0 Å². The highest BCUT2D eigenvalue weighted by molar-refractivity contribution is 5.87. The molecule has 0 saturated carbocycles. The zero-order valence-corrected chi connectivity index (χ0v) is 23.4. The smallest absolute Gasteiger partial charge is 0.214 e. The number of unbranched alkanes of at least 4 members (excludes halogenated alkanes) is 1. The highest BCUT2D eigenvalue weighted by Crippen LogP contribution is 2.36. The molecular formula is C32H37FN6O. The Morgan fingerprint density at radius 3 is 2.83 bits per heavy atom. The van der Waals surface area contributed by atoms with Crippen molar-refractivity contribution in [3.8, 4) is 17.1 Å². The normalized spacial score (nSPS) is 16.1. The van der Waals surface area contributed by atoms with Crippen molar-refractivity contribution in [2.75, 3.05) is 13.2 Å². The topological polar surface area (TPSA) is 90.3 Å². The van der Waals surface area contributed by atoms with Gasteiger partial charge in [0.1, 0.15) is 18.2 Å². The Morgan fingerprint density at radius 1 is 1.23 bits per heavy atom. The van der Waals surface area contributed by atoms with E-state index in [0.717, 1.165) is 71.5 Å². The van der Waals surface area contributed by atoms with Crippen LogP contribution in [0, 0.1) is 12.7 Å². The van der Waals surface area contributed by atoms with E-state index in [1.165, 1.54) is 12.1 Å². The van der Waals surface area contributed by atoms with E-state index in [9.17, 15) is 4.39 Å². The number of allylic oxidation sites excluding steroid dienone is 1. The molecule has 0 radical (unpaired) electrons. The van der Waals surface area contributed by atoms with Crippen LogP contribution < -0.4 is 15.8 Å². The highest BCUT2D eigenvalue weighted by Gasteiger charge is 2.31. The first-order valence-corrected chi connectivity index (χ1v) is 14.0. The number of para-hydroxylation sites is 1. The summed E-state index contributed by atoms with van der Waals surface area (Å²) in [5.74, 6) is 1.25. The Morgan fingerprint density at radius 2 is 2.02 bits per heavy atom. The van der Waals surface area contributed by atoms with E-state index < -0.39 is 0 Å². The Balaban J connectivity index is 1.43. The summed E-state index contributed by atoms with van der Waals surface area (Å²) < 4.78 is 22.2. The second-order valence-electron chi connectivity index (χ2n) is 10.3. The molecule has 0 bridgehead atoms.